The van der Waals surface area contributed by atoms with E-state index in [2.05, 4.69) is 23.3 Å². The molecule has 0 aliphatic rings. The lowest BCUT2D eigenvalue weighted by molar-refractivity contribution is 0.120. The van der Waals surface area contributed by atoms with Crippen molar-refractivity contribution in [1.29, 1.82) is 0 Å². The van der Waals surface area contributed by atoms with Crippen LogP contribution in [0, 0.1) is 5.92 Å². The normalized spacial score (nSPS) is 15.2. The molecule has 3 nitrogen and oxygen atoms in total. The summed E-state index contributed by atoms with van der Waals surface area (Å²) < 4.78 is 1.21. The van der Waals surface area contributed by atoms with Gasteiger partial charge in [0.1, 0.15) is 5.01 Å². The van der Waals surface area contributed by atoms with Crippen molar-refractivity contribution < 1.29 is 5.11 Å². The van der Waals surface area contributed by atoms with Gasteiger partial charge in [-0.3, -0.25) is 0 Å². The number of aromatic nitrogens is 1. The predicted octanol–water partition coefficient (Wildman–Crippen LogP) is 2.96. The maximum atomic E-state index is 9.78. The van der Waals surface area contributed by atoms with Crippen LogP contribution >= 0.6 is 11.3 Å². The number of hydrogen-bond acceptors (Lipinski definition) is 4. The summed E-state index contributed by atoms with van der Waals surface area (Å²) in [5.41, 5.74) is 1.05. The van der Waals surface area contributed by atoms with Crippen LogP contribution in [-0.4, -0.2) is 22.7 Å². The minimum atomic E-state index is -0.304. The molecule has 1 aromatic carbocycles. The smallest absolute Gasteiger partial charge is 0.111 e. The molecule has 0 saturated carbocycles. The number of fused-ring (bicyclic) bond motifs is 1. The molecule has 2 N–H and O–H groups in total. The summed E-state index contributed by atoms with van der Waals surface area (Å²) in [7, 11) is 0. The van der Waals surface area contributed by atoms with Crippen molar-refractivity contribution in [2.24, 2.45) is 5.92 Å². The highest BCUT2D eigenvalue weighted by Gasteiger charge is 2.14. The number of aliphatic hydroxyl groups is 1. The van der Waals surface area contributed by atoms with Crippen LogP contribution in [0.25, 0.3) is 10.2 Å². The molecule has 18 heavy (non-hydrogen) atoms. The van der Waals surface area contributed by atoms with E-state index in [0.29, 0.717) is 6.54 Å². The van der Waals surface area contributed by atoms with Gasteiger partial charge in [0.15, 0.2) is 0 Å². The van der Waals surface area contributed by atoms with Gasteiger partial charge in [0, 0.05) is 6.54 Å². The third-order valence-corrected chi connectivity index (χ3v) is 4.30. The van der Waals surface area contributed by atoms with Gasteiger partial charge >= 0.3 is 0 Å². The molecule has 2 unspecified atom stereocenters. The number of hydrogen-bond donors (Lipinski definition) is 2. The minimum Gasteiger partial charge on any atom is -0.392 e. The Morgan fingerprint density at radius 2 is 2.00 bits per heavy atom. The molecule has 1 heterocycles. The molecule has 4 heteroatoms. The Kier molecular flexibility index (Phi) is 4.32. The fourth-order valence-corrected chi connectivity index (χ4v) is 2.69. The number of nitrogens with zero attached hydrogens (tertiary/aromatic N) is 1. The van der Waals surface area contributed by atoms with E-state index >= 15 is 0 Å². The van der Waals surface area contributed by atoms with Gasteiger partial charge < -0.3 is 10.4 Å². The number of nitrogens with one attached hydrogen (secondary N) is 1. The van der Waals surface area contributed by atoms with Crippen LogP contribution in [-0.2, 0) is 0 Å². The van der Waals surface area contributed by atoms with Gasteiger partial charge in [0.2, 0.25) is 0 Å². The molecular weight excluding hydrogens is 244 g/mol. The van der Waals surface area contributed by atoms with Crippen molar-refractivity contribution >= 4 is 21.6 Å². The first kappa shape index (κ1) is 13.5. The summed E-state index contributed by atoms with van der Waals surface area (Å²) >= 11 is 1.71. The highest BCUT2D eigenvalue weighted by molar-refractivity contribution is 7.18. The van der Waals surface area contributed by atoms with Crippen LogP contribution in [0.15, 0.2) is 24.3 Å². The van der Waals surface area contributed by atoms with Gasteiger partial charge in [0.05, 0.1) is 22.4 Å². The molecule has 0 saturated heterocycles. The summed E-state index contributed by atoms with van der Waals surface area (Å²) in [6, 6.07) is 8.34. The average molecular weight is 264 g/mol. The lowest BCUT2D eigenvalue weighted by atomic mass is 10.1. The van der Waals surface area contributed by atoms with Gasteiger partial charge in [0.25, 0.3) is 0 Å². The van der Waals surface area contributed by atoms with E-state index in [1.54, 1.807) is 11.3 Å². The van der Waals surface area contributed by atoms with Crippen LogP contribution in [0.5, 0.6) is 0 Å². The highest BCUT2D eigenvalue weighted by Crippen LogP contribution is 2.25. The zero-order valence-corrected chi connectivity index (χ0v) is 11.9. The summed E-state index contributed by atoms with van der Waals surface area (Å²) in [6.07, 6.45) is -0.304. The molecule has 2 rings (SSSR count). The van der Waals surface area contributed by atoms with Crippen LogP contribution < -0.4 is 5.32 Å². The standard InChI is InChI=1S/C14H20N2OS/c1-9(2)12(17)8-15-10(3)14-16-11-6-4-5-7-13(11)18-14/h4-7,9-10,12,15,17H,8H2,1-3H3. The van der Waals surface area contributed by atoms with Gasteiger partial charge in [-0.25, -0.2) is 4.98 Å². The van der Waals surface area contributed by atoms with Crippen LogP contribution in [0.4, 0.5) is 0 Å². The van der Waals surface area contributed by atoms with Crippen molar-refractivity contribution in [3.05, 3.63) is 29.3 Å². The molecule has 0 fully saturated rings. The monoisotopic (exact) mass is 264 g/mol. The summed E-state index contributed by atoms with van der Waals surface area (Å²) in [6.45, 7) is 6.74. The minimum absolute atomic E-state index is 0.177. The van der Waals surface area contributed by atoms with E-state index in [4.69, 9.17) is 0 Å². The fourth-order valence-electron chi connectivity index (χ4n) is 1.70. The van der Waals surface area contributed by atoms with Crippen molar-refractivity contribution in [3.63, 3.8) is 0 Å². The highest BCUT2D eigenvalue weighted by atomic mass is 32.1. The zero-order valence-electron chi connectivity index (χ0n) is 11.1. The second-order valence-corrected chi connectivity index (χ2v) is 6.02. The quantitative estimate of drug-likeness (QED) is 0.872. The van der Waals surface area contributed by atoms with Crippen LogP contribution in [0.1, 0.15) is 31.8 Å². The zero-order chi connectivity index (χ0) is 13.1. The third-order valence-electron chi connectivity index (χ3n) is 3.08. The Labute approximate surface area is 112 Å². The maximum absolute atomic E-state index is 9.78. The number of rotatable bonds is 5. The van der Waals surface area contributed by atoms with Crippen molar-refractivity contribution in [1.82, 2.24) is 10.3 Å². The first-order valence-electron chi connectivity index (χ1n) is 6.35. The molecule has 0 amide bonds. The Bertz CT molecular complexity index is 476. The second-order valence-electron chi connectivity index (χ2n) is 4.96. The predicted molar refractivity (Wildman–Crippen MR) is 76.9 cm³/mol. The molecule has 2 aromatic rings. The van der Waals surface area contributed by atoms with E-state index in [0.717, 1.165) is 10.5 Å². The first-order chi connectivity index (χ1) is 8.58. The van der Waals surface area contributed by atoms with E-state index in [1.807, 2.05) is 32.0 Å². The second kappa shape index (κ2) is 5.78. The van der Waals surface area contributed by atoms with Crippen LogP contribution in [0.2, 0.25) is 0 Å². The number of para-hydroxylation sites is 1. The topological polar surface area (TPSA) is 45.1 Å². The number of benzene rings is 1. The molecular formula is C14H20N2OS. The summed E-state index contributed by atoms with van der Waals surface area (Å²) in [5, 5.41) is 14.2. The Morgan fingerprint density at radius 1 is 1.28 bits per heavy atom. The average Bonchev–Trinajstić information content (AvgIpc) is 2.79. The van der Waals surface area contributed by atoms with Gasteiger partial charge in [-0.1, -0.05) is 26.0 Å². The molecule has 1 aromatic heterocycles. The SMILES string of the molecule is CC(NCC(O)C(C)C)c1nc2ccccc2s1. The molecule has 0 aliphatic carbocycles. The van der Waals surface area contributed by atoms with Gasteiger partial charge in [-0.05, 0) is 25.0 Å². The van der Waals surface area contributed by atoms with E-state index in [9.17, 15) is 5.11 Å². The fraction of sp³-hybridized carbons (Fsp3) is 0.500. The number of thiazole rings is 1. The molecule has 0 aliphatic heterocycles. The summed E-state index contributed by atoms with van der Waals surface area (Å²) in [5.74, 6) is 0.278. The first-order valence-corrected chi connectivity index (χ1v) is 7.16. The van der Waals surface area contributed by atoms with Gasteiger partial charge in [-0.2, -0.15) is 0 Å². The Balaban J connectivity index is 2.02. The molecule has 0 spiro atoms. The molecule has 98 valence electrons. The third kappa shape index (κ3) is 3.07. The van der Waals surface area contributed by atoms with E-state index in [1.165, 1.54) is 4.70 Å². The Hall–Kier alpha value is -0.970. The van der Waals surface area contributed by atoms with Gasteiger partial charge in [-0.15, -0.1) is 11.3 Å². The molecule has 0 radical (unpaired) electrons. The maximum Gasteiger partial charge on any atom is 0.111 e. The lowest BCUT2D eigenvalue weighted by Gasteiger charge is -2.17. The van der Waals surface area contributed by atoms with E-state index in [-0.39, 0.29) is 18.1 Å². The van der Waals surface area contributed by atoms with Crippen molar-refractivity contribution in [2.75, 3.05) is 6.54 Å². The molecule has 0 bridgehead atoms. The lowest BCUT2D eigenvalue weighted by Crippen LogP contribution is -2.32. The largest absolute Gasteiger partial charge is 0.392 e. The van der Waals surface area contributed by atoms with Crippen molar-refractivity contribution in [3.8, 4) is 0 Å². The number of aliphatic hydroxyl groups excluding tert-OH is 1. The van der Waals surface area contributed by atoms with Crippen molar-refractivity contribution in [2.45, 2.75) is 32.9 Å². The summed E-state index contributed by atoms with van der Waals surface area (Å²) in [4.78, 5) is 4.61. The van der Waals surface area contributed by atoms with E-state index < -0.39 is 0 Å². The molecule has 2 atom stereocenters. The Morgan fingerprint density at radius 3 is 2.67 bits per heavy atom. The van der Waals surface area contributed by atoms with Crippen LogP contribution in [0.3, 0.4) is 0 Å².